The topological polar surface area (TPSA) is 18.0 Å². The van der Waals surface area contributed by atoms with Crippen molar-refractivity contribution < 1.29 is 9.30 Å². The summed E-state index contributed by atoms with van der Waals surface area (Å²) in [5.74, 6) is 1.24. The summed E-state index contributed by atoms with van der Waals surface area (Å²) in [6, 6.07) is 6.63. The number of aryl methyl sites for hydroxylation is 2. The second-order valence-electron chi connectivity index (χ2n) is 7.04. The van der Waals surface area contributed by atoms with Crippen molar-refractivity contribution in [1.29, 1.82) is 0 Å². The molecular formula is C21H35N2O+. The van der Waals surface area contributed by atoms with E-state index in [1.54, 1.807) is 0 Å². The fourth-order valence-electron chi connectivity index (χ4n) is 3.32. The minimum Gasteiger partial charge on any atom is -0.342 e. The van der Waals surface area contributed by atoms with Gasteiger partial charge in [-0.15, -0.1) is 0 Å². The van der Waals surface area contributed by atoms with Crippen LogP contribution in [0.2, 0.25) is 0 Å². The first-order valence-electron chi connectivity index (χ1n) is 9.68. The molecule has 1 aromatic carbocycles. The number of benzene rings is 1. The Hall–Kier alpha value is -1.35. The van der Waals surface area contributed by atoms with Crippen LogP contribution >= 0.6 is 0 Å². The lowest BCUT2D eigenvalue weighted by atomic mass is 10.1. The fourth-order valence-corrected chi connectivity index (χ4v) is 3.32. The number of unbranched alkanes of at least 4 members (excludes halogenated alkanes) is 7. The summed E-state index contributed by atoms with van der Waals surface area (Å²) in [6.45, 7) is 8.10. The Morgan fingerprint density at radius 1 is 0.958 bits per heavy atom. The Bertz CT molecular complexity index is 630. The standard InChI is InChI=1S/C21H35N2O/c1-5-6-7-8-9-10-11-12-15-24-17-23-19(3)22(4)20-14-13-18(2)16-21(20)23/h13-14,16H,5-12,15,17H2,1-4H3/q+1. The Labute approximate surface area is 147 Å². The van der Waals surface area contributed by atoms with E-state index in [0.717, 1.165) is 6.61 Å². The van der Waals surface area contributed by atoms with Crippen LogP contribution in [0.5, 0.6) is 0 Å². The molecule has 0 bridgehead atoms. The molecule has 2 rings (SSSR count). The molecule has 0 N–H and O–H groups in total. The van der Waals surface area contributed by atoms with Gasteiger partial charge in [0.15, 0.2) is 17.8 Å². The first-order valence-corrected chi connectivity index (χ1v) is 9.68. The molecule has 0 saturated carbocycles. The molecule has 0 aliphatic heterocycles. The molecule has 0 atom stereocenters. The van der Waals surface area contributed by atoms with E-state index >= 15 is 0 Å². The number of aromatic nitrogens is 2. The largest absolute Gasteiger partial charge is 0.342 e. The van der Waals surface area contributed by atoms with E-state index in [4.69, 9.17) is 4.74 Å². The van der Waals surface area contributed by atoms with Crippen LogP contribution in [0.25, 0.3) is 11.0 Å². The first kappa shape index (κ1) is 19.0. The zero-order valence-electron chi connectivity index (χ0n) is 16.1. The summed E-state index contributed by atoms with van der Waals surface area (Å²) in [5.41, 5.74) is 3.84. The lowest BCUT2D eigenvalue weighted by molar-refractivity contribution is -0.652. The number of hydrogen-bond donors (Lipinski definition) is 0. The molecule has 0 aliphatic carbocycles. The van der Waals surface area contributed by atoms with Gasteiger partial charge >= 0.3 is 0 Å². The lowest BCUT2D eigenvalue weighted by Gasteiger charge is -2.04. The van der Waals surface area contributed by atoms with Gasteiger partial charge in [-0.3, -0.25) is 0 Å². The van der Waals surface area contributed by atoms with Crippen molar-refractivity contribution in [2.75, 3.05) is 6.61 Å². The van der Waals surface area contributed by atoms with Crippen molar-refractivity contribution >= 4 is 11.0 Å². The number of imidazole rings is 1. The summed E-state index contributed by atoms with van der Waals surface area (Å²) in [6.07, 6.45) is 10.7. The van der Waals surface area contributed by atoms with Crippen LogP contribution in [0.3, 0.4) is 0 Å². The summed E-state index contributed by atoms with van der Waals surface area (Å²) >= 11 is 0. The first-order chi connectivity index (χ1) is 11.6. The third-order valence-electron chi connectivity index (χ3n) is 5.02. The SMILES string of the molecule is CCCCCCCCCCOCn1c(C)[n+](C)c2ccc(C)cc21. The normalized spacial score (nSPS) is 11.5. The van der Waals surface area contributed by atoms with Crippen LogP contribution in [0.4, 0.5) is 0 Å². The molecule has 134 valence electrons. The molecule has 3 heteroatoms. The van der Waals surface area contributed by atoms with Crippen molar-refractivity contribution in [1.82, 2.24) is 4.57 Å². The van der Waals surface area contributed by atoms with Crippen LogP contribution in [-0.4, -0.2) is 11.2 Å². The van der Waals surface area contributed by atoms with Gasteiger partial charge in [-0.1, -0.05) is 57.9 Å². The number of nitrogens with zero attached hydrogens (tertiary/aromatic N) is 2. The maximum Gasteiger partial charge on any atom is 0.255 e. The van der Waals surface area contributed by atoms with Gasteiger partial charge < -0.3 is 4.74 Å². The zero-order valence-corrected chi connectivity index (χ0v) is 16.1. The number of rotatable bonds is 11. The Balaban J connectivity index is 1.72. The molecule has 0 radical (unpaired) electrons. The molecule has 0 saturated heterocycles. The fraction of sp³-hybridized carbons (Fsp3) is 0.667. The van der Waals surface area contributed by atoms with Crippen LogP contribution in [0.1, 0.15) is 69.7 Å². The van der Waals surface area contributed by atoms with Crippen molar-refractivity contribution in [2.24, 2.45) is 7.05 Å². The summed E-state index contributed by atoms with van der Waals surface area (Å²) < 4.78 is 10.5. The van der Waals surface area contributed by atoms with Gasteiger partial charge in [-0.2, -0.15) is 0 Å². The average Bonchev–Trinajstić information content (AvgIpc) is 2.80. The van der Waals surface area contributed by atoms with Gasteiger partial charge in [0.2, 0.25) is 0 Å². The highest BCUT2D eigenvalue weighted by Crippen LogP contribution is 2.16. The smallest absolute Gasteiger partial charge is 0.255 e. The minimum absolute atomic E-state index is 0.656. The van der Waals surface area contributed by atoms with E-state index < -0.39 is 0 Å². The summed E-state index contributed by atoms with van der Waals surface area (Å²) in [5, 5.41) is 0. The molecule has 0 amide bonds. The highest BCUT2D eigenvalue weighted by atomic mass is 16.5. The molecule has 1 aromatic heterocycles. The van der Waals surface area contributed by atoms with E-state index in [9.17, 15) is 0 Å². The Kier molecular flexibility index (Phi) is 7.77. The average molecular weight is 332 g/mol. The van der Waals surface area contributed by atoms with E-state index in [1.807, 2.05) is 0 Å². The van der Waals surface area contributed by atoms with Gasteiger partial charge in [0.1, 0.15) is 0 Å². The molecular weight excluding hydrogens is 296 g/mol. The second-order valence-corrected chi connectivity index (χ2v) is 7.04. The highest BCUT2D eigenvalue weighted by molar-refractivity contribution is 5.73. The van der Waals surface area contributed by atoms with Gasteiger partial charge in [-0.25, -0.2) is 9.13 Å². The third kappa shape index (κ3) is 5.07. The molecule has 0 fully saturated rings. The highest BCUT2D eigenvalue weighted by Gasteiger charge is 2.18. The van der Waals surface area contributed by atoms with Gasteiger partial charge in [0.05, 0.1) is 13.7 Å². The summed E-state index contributed by atoms with van der Waals surface area (Å²) in [7, 11) is 2.13. The van der Waals surface area contributed by atoms with E-state index in [0.29, 0.717) is 6.73 Å². The zero-order chi connectivity index (χ0) is 17.4. The minimum atomic E-state index is 0.656. The predicted molar refractivity (Wildman–Crippen MR) is 101 cm³/mol. The van der Waals surface area contributed by atoms with Crippen LogP contribution in [-0.2, 0) is 18.5 Å². The van der Waals surface area contributed by atoms with Gasteiger partial charge in [0.25, 0.3) is 5.82 Å². The summed E-state index contributed by atoms with van der Waals surface area (Å²) in [4.78, 5) is 0. The van der Waals surface area contributed by atoms with Crippen LogP contribution in [0.15, 0.2) is 18.2 Å². The number of hydrogen-bond acceptors (Lipinski definition) is 1. The number of fused-ring (bicyclic) bond motifs is 1. The molecule has 24 heavy (non-hydrogen) atoms. The molecule has 1 heterocycles. The van der Waals surface area contributed by atoms with E-state index in [-0.39, 0.29) is 0 Å². The number of ether oxygens (including phenoxy) is 1. The molecule has 0 unspecified atom stereocenters. The van der Waals surface area contributed by atoms with Crippen LogP contribution < -0.4 is 4.57 Å². The van der Waals surface area contributed by atoms with Crippen molar-refractivity contribution in [3.8, 4) is 0 Å². The Morgan fingerprint density at radius 3 is 2.33 bits per heavy atom. The van der Waals surface area contributed by atoms with E-state index in [1.165, 1.54) is 73.8 Å². The second kappa shape index (κ2) is 9.83. The lowest BCUT2D eigenvalue weighted by Crippen LogP contribution is -2.31. The van der Waals surface area contributed by atoms with Gasteiger partial charge in [-0.05, 0) is 31.0 Å². The van der Waals surface area contributed by atoms with Gasteiger partial charge in [0, 0.05) is 6.92 Å². The van der Waals surface area contributed by atoms with Crippen molar-refractivity contribution in [2.45, 2.75) is 78.9 Å². The maximum absolute atomic E-state index is 5.96. The van der Waals surface area contributed by atoms with Crippen molar-refractivity contribution in [3.05, 3.63) is 29.6 Å². The molecule has 0 aliphatic rings. The molecule has 2 aromatic rings. The van der Waals surface area contributed by atoms with Crippen LogP contribution in [0, 0.1) is 13.8 Å². The molecule has 0 spiro atoms. The molecule has 3 nitrogen and oxygen atoms in total. The van der Waals surface area contributed by atoms with Crippen molar-refractivity contribution in [3.63, 3.8) is 0 Å². The monoisotopic (exact) mass is 331 g/mol. The predicted octanol–water partition coefficient (Wildman–Crippen LogP) is 5.20. The Morgan fingerprint density at radius 2 is 1.62 bits per heavy atom. The third-order valence-corrected chi connectivity index (χ3v) is 5.02. The maximum atomic E-state index is 5.96. The van der Waals surface area contributed by atoms with E-state index in [2.05, 4.69) is 55.2 Å². The quantitative estimate of drug-likeness (QED) is 0.409.